The highest BCUT2D eigenvalue weighted by molar-refractivity contribution is 5.84. The molecule has 2 aromatic heterocycles. The van der Waals surface area contributed by atoms with Crippen LogP contribution in [0.15, 0.2) is 146 Å². The maximum absolute atomic E-state index is 6.89. The second-order valence-corrected chi connectivity index (χ2v) is 16.9. The summed E-state index contributed by atoms with van der Waals surface area (Å²) in [6.07, 6.45) is 16.5. The number of fused-ring (bicyclic) bond motifs is 2. The molecule has 0 atom stereocenters. The average Bonchev–Trinajstić information content (AvgIpc) is 3.33. The minimum Gasteiger partial charge on any atom is -0.488 e. The summed E-state index contributed by atoms with van der Waals surface area (Å²) in [5.41, 5.74) is 19.2. The number of aryl methyl sites for hydroxylation is 4. The van der Waals surface area contributed by atoms with Crippen molar-refractivity contribution in [3.05, 3.63) is 191 Å². The van der Waals surface area contributed by atoms with Gasteiger partial charge in [-0.1, -0.05) is 109 Å². The Labute approximate surface area is 364 Å². The zero-order valence-corrected chi connectivity index (χ0v) is 35.5. The third kappa shape index (κ3) is 8.38. The molecule has 0 aliphatic heterocycles. The van der Waals surface area contributed by atoms with Gasteiger partial charge in [-0.15, -0.1) is 0 Å². The van der Waals surface area contributed by atoms with Gasteiger partial charge in [0, 0.05) is 47.0 Å². The zero-order chi connectivity index (χ0) is 41.8. The Morgan fingerprint density at radius 3 is 1.06 bits per heavy atom. The first-order valence-corrected chi connectivity index (χ1v) is 22.0. The number of rotatable bonds is 11. The monoisotopic (exact) mass is 810 g/mol. The van der Waals surface area contributed by atoms with Gasteiger partial charge in [0.15, 0.2) is 11.6 Å². The number of benzene rings is 6. The summed E-state index contributed by atoms with van der Waals surface area (Å²) in [6.45, 7) is 4.97. The first-order chi connectivity index (χ1) is 30.5. The van der Waals surface area contributed by atoms with Gasteiger partial charge < -0.3 is 9.47 Å². The van der Waals surface area contributed by atoms with Gasteiger partial charge in [-0.25, -0.2) is 19.9 Å². The van der Waals surface area contributed by atoms with Crippen molar-refractivity contribution in [1.29, 1.82) is 0 Å². The standard InChI is InChI=1S/C56H50N4O2/c1-37-31-57-55(58-32-37)47-23-19-43(20-24-47)41-15-11-39(12-16-41)35-61-51-29-27-45-7-3-5-9-49(45)53(51)54-50-10-6-4-8-46(50)28-30-52(54)62-36-40-13-17-42(18-14-40)44-21-25-48(26-22-44)56-59-33-38(2)34-60-56/h11-34H,3-10,35-36H2,1-2H3. The lowest BCUT2D eigenvalue weighted by atomic mass is 9.80. The maximum Gasteiger partial charge on any atom is 0.159 e. The Morgan fingerprint density at radius 1 is 0.371 bits per heavy atom. The van der Waals surface area contributed by atoms with Crippen molar-refractivity contribution in [2.75, 3.05) is 0 Å². The maximum atomic E-state index is 6.89. The molecule has 0 fully saturated rings. The fraction of sp³-hybridized carbons (Fsp3) is 0.214. The molecule has 2 aliphatic rings. The predicted molar refractivity (Wildman–Crippen MR) is 249 cm³/mol. The van der Waals surface area contributed by atoms with Gasteiger partial charge in [0.25, 0.3) is 0 Å². The van der Waals surface area contributed by atoms with Crippen LogP contribution in [0.4, 0.5) is 0 Å². The van der Waals surface area contributed by atoms with Crippen LogP contribution in [0.25, 0.3) is 56.2 Å². The van der Waals surface area contributed by atoms with Crippen LogP contribution in [0.5, 0.6) is 11.5 Å². The molecule has 0 spiro atoms. The molecule has 0 saturated carbocycles. The van der Waals surface area contributed by atoms with Crippen molar-refractivity contribution in [3.8, 4) is 67.7 Å². The third-order valence-corrected chi connectivity index (χ3v) is 12.5. The van der Waals surface area contributed by atoms with E-state index in [0.717, 1.165) is 104 Å². The van der Waals surface area contributed by atoms with Crippen LogP contribution in [0.1, 0.15) is 70.2 Å². The number of nitrogens with zero attached hydrogens (tertiary/aromatic N) is 4. The highest BCUT2D eigenvalue weighted by atomic mass is 16.5. The number of aromatic nitrogens is 4. The van der Waals surface area contributed by atoms with Crippen LogP contribution < -0.4 is 9.47 Å². The molecule has 8 aromatic rings. The van der Waals surface area contributed by atoms with E-state index in [0.29, 0.717) is 13.2 Å². The van der Waals surface area contributed by atoms with E-state index in [2.05, 4.69) is 141 Å². The van der Waals surface area contributed by atoms with Crippen LogP contribution in [-0.4, -0.2) is 19.9 Å². The topological polar surface area (TPSA) is 70.0 Å². The molecule has 0 amide bonds. The van der Waals surface area contributed by atoms with E-state index in [4.69, 9.17) is 9.47 Å². The van der Waals surface area contributed by atoms with Crippen molar-refractivity contribution in [2.24, 2.45) is 0 Å². The lowest BCUT2D eigenvalue weighted by Crippen LogP contribution is -2.11. The summed E-state index contributed by atoms with van der Waals surface area (Å²) in [7, 11) is 0. The van der Waals surface area contributed by atoms with Crippen LogP contribution in [0.2, 0.25) is 0 Å². The molecule has 0 unspecified atom stereocenters. The molecule has 0 N–H and O–H groups in total. The van der Waals surface area contributed by atoms with Gasteiger partial charge in [-0.2, -0.15) is 0 Å². The highest BCUT2D eigenvalue weighted by Gasteiger charge is 2.26. The van der Waals surface area contributed by atoms with E-state index >= 15 is 0 Å². The first kappa shape index (κ1) is 39.2. The molecule has 6 nitrogen and oxygen atoms in total. The third-order valence-electron chi connectivity index (χ3n) is 12.5. The number of hydrogen-bond donors (Lipinski definition) is 0. The van der Waals surface area contributed by atoms with Crippen LogP contribution >= 0.6 is 0 Å². The van der Waals surface area contributed by atoms with Crippen molar-refractivity contribution in [1.82, 2.24) is 19.9 Å². The van der Waals surface area contributed by atoms with Crippen molar-refractivity contribution in [2.45, 2.75) is 78.4 Å². The first-order valence-electron chi connectivity index (χ1n) is 22.0. The van der Waals surface area contributed by atoms with Crippen molar-refractivity contribution < 1.29 is 9.47 Å². The summed E-state index contributed by atoms with van der Waals surface area (Å²) in [6, 6.07) is 43.5. The summed E-state index contributed by atoms with van der Waals surface area (Å²) in [4.78, 5) is 18.0. The molecule has 2 heterocycles. The quantitative estimate of drug-likeness (QED) is 0.130. The lowest BCUT2D eigenvalue weighted by molar-refractivity contribution is 0.302. The van der Waals surface area contributed by atoms with Gasteiger partial charge in [0.05, 0.1) is 0 Å². The molecule has 0 bridgehead atoms. The Bertz CT molecular complexity index is 2620. The van der Waals surface area contributed by atoms with E-state index < -0.39 is 0 Å². The van der Waals surface area contributed by atoms with Crippen LogP contribution in [0.3, 0.4) is 0 Å². The second kappa shape index (κ2) is 17.6. The van der Waals surface area contributed by atoms with E-state index in [1.807, 2.05) is 38.6 Å². The van der Waals surface area contributed by atoms with Gasteiger partial charge in [-0.3, -0.25) is 0 Å². The molecule has 62 heavy (non-hydrogen) atoms. The van der Waals surface area contributed by atoms with Gasteiger partial charge in [0.1, 0.15) is 24.7 Å². The van der Waals surface area contributed by atoms with Gasteiger partial charge in [0.2, 0.25) is 0 Å². The SMILES string of the molecule is Cc1cnc(-c2ccc(-c3ccc(COc4ccc5c(c4-c4c(OCc6ccc(-c7ccc(-c8ncc(C)cn8)cc7)cc6)ccc6c4CCCC6)CCCC5)cc3)cc2)nc1. The normalized spacial score (nSPS) is 13.3. The number of ether oxygens (including phenoxy) is 2. The van der Waals surface area contributed by atoms with E-state index in [9.17, 15) is 0 Å². The van der Waals surface area contributed by atoms with Crippen LogP contribution in [0, 0.1) is 13.8 Å². The Kier molecular flexibility index (Phi) is 11.1. The fourth-order valence-electron chi connectivity index (χ4n) is 9.02. The van der Waals surface area contributed by atoms with Crippen molar-refractivity contribution in [3.63, 3.8) is 0 Å². The summed E-state index contributed by atoms with van der Waals surface area (Å²) < 4.78 is 13.8. The van der Waals surface area contributed by atoms with E-state index in [1.54, 1.807) is 0 Å². The molecule has 0 saturated heterocycles. The van der Waals surface area contributed by atoms with Gasteiger partial charge in [-0.05, 0) is 144 Å². The van der Waals surface area contributed by atoms with E-state index in [1.165, 1.54) is 59.1 Å². The molecule has 306 valence electrons. The summed E-state index contributed by atoms with van der Waals surface area (Å²) in [5, 5.41) is 0. The Morgan fingerprint density at radius 2 is 0.694 bits per heavy atom. The lowest BCUT2D eigenvalue weighted by Gasteiger charge is -2.28. The Hall–Kier alpha value is -6.92. The smallest absolute Gasteiger partial charge is 0.159 e. The molecule has 2 aliphatic carbocycles. The van der Waals surface area contributed by atoms with E-state index in [-0.39, 0.29) is 0 Å². The minimum atomic E-state index is 0.482. The average molecular weight is 811 g/mol. The number of hydrogen-bond acceptors (Lipinski definition) is 6. The van der Waals surface area contributed by atoms with Gasteiger partial charge >= 0.3 is 0 Å². The Balaban J connectivity index is 0.894. The molecular formula is C56H50N4O2. The zero-order valence-electron chi connectivity index (χ0n) is 35.5. The summed E-state index contributed by atoms with van der Waals surface area (Å²) >= 11 is 0. The molecule has 0 radical (unpaired) electrons. The summed E-state index contributed by atoms with van der Waals surface area (Å²) in [5.74, 6) is 3.36. The highest BCUT2D eigenvalue weighted by Crippen LogP contribution is 2.47. The fourth-order valence-corrected chi connectivity index (χ4v) is 9.02. The van der Waals surface area contributed by atoms with Crippen LogP contribution in [-0.2, 0) is 38.9 Å². The molecule has 10 rings (SSSR count). The minimum absolute atomic E-state index is 0.482. The predicted octanol–water partition coefficient (Wildman–Crippen LogP) is 13.1. The molecular weight excluding hydrogens is 761 g/mol. The van der Waals surface area contributed by atoms with Crippen molar-refractivity contribution >= 4 is 0 Å². The molecule has 6 heteroatoms. The largest absolute Gasteiger partial charge is 0.488 e. The second-order valence-electron chi connectivity index (χ2n) is 16.9. The molecule has 6 aromatic carbocycles.